The summed E-state index contributed by atoms with van der Waals surface area (Å²) in [5.41, 5.74) is -0.863. The van der Waals surface area contributed by atoms with E-state index >= 15 is 0 Å². The third-order valence-electron chi connectivity index (χ3n) is 6.69. The van der Waals surface area contributed by atoms with Gasteiger partial charge < -0.3 is 14.6 Å². The number of hydrogen-bond donors (Lipinski definition) is 1. The number of imidazole rings is 1. The van der Waals surface area contributed by atoms with Gasteiger partial charge in [-0.1, -0.05) is 13.8 Å². The van der Waals surface area contributed by atoms with Crippen molar-refractivity contribution in [2.24, 2.45) is 18.9 Å². The minimum atomic E-state index is -0.863. The lowest BCUT2D eigenvalue weighted by atomic mass is 9.85. The topological polar surface area (TPSA) is 61.6 Å². The van der Waals surface area contributed by atoms with Gasteiger partial charge in [0.05, 0.1) is 6.54 Å². The molecule has 0 radical (unpaired) electrons. The number of likely N-dealkylation sites (tertiary alicyclic amines) is 1. The largest absolute Gasteiger partial charge is 0.382 e. The van der Waals surface area contributed by atoms with Crippen LogP contribution in [-0.4, -0.2) is 62.1 Å². The summed E-state index contributed by atoms with van der Waals surface area (Å²) in [6.45, 7) is 6.78. The van der Waals surface area contributed by atoms with E-state index in [0.29, 0.717) is 31.2 Å². The summed E-state index contributed by atoms with van der Waals surface area (Å²) in [6.07, 6.45) is 8.35. The van der Waals surface area contributed by atoms with Crippen molar-refractivity contribution in [1.29, 1.82) is 0 Å². The van der Waals surface area contributed by atoms with Crippen LogP contribution in [0.2, 0.25) is 0 Å². The number of piperidine rings is 2. The highest BCUT2D eigenvalue weighted by atomic mass is 16.3. The molecule has 2 bridgehead atoms. The lowest BCUT2D eigenvalue weighted by molar-refractivity contribution is -0.138. The van der Waals surface area contributed by atoms with Crippen molar-refractivity contribution in [2.45, 2.75) is 63.6 Å². The molecule has 4 heterocycles. The number of aromatic nitrogens is 2. The van der Waals surface area contributed by atoms with E-state index in [2.05, 4.69) is 28.6 Å². The molecule has 0 spiro atoms. The molecule has 3 saturated heterocycles. The van der Waals surface area contributed by atoms with E-state index in [1.165, 1.54) is 6.42 Å². The molecule has 0 unspecified atom stereocenters. The van der Waals surface area contributed by atoms with E-state index in [-0.39, 0.29) is 18.0 Å². The maximum absolute atomic E-state index is 12.9. The fraction of sp³-hybridized carbons (Fsp3) is 0.800. The van der Waals surface area contributed by atoms with Crippen LogP contribution >= 0.6 is 0 Å². The molecule has 6 nitrogen and oxygen atoms in total. The molecule has 1 amide bonds. The van der Waals surface area contributed by atoms with Gasteiger partial charge in [0.2, 0.25) is 5.91 Å². The number of fused-ring (bicyclic) bond motifs is 2. The molecule has 1 aromatic heterocycles. The first-order valence-electron chi connectivity index (χ1n) is 10.1. The molecule has 3 fully saturated rings. The monoisotopic (exact) mass is 360 g/mol. The Morgan fingerprint density at radius 3 is 2.38 bits per heavy atom. The number of carbonyl (C=O) groups is 1. The lowest BCUT2D eigenvalue weighted by Gasteiger charge is -2.44. The maximum Gasteiger partial charge on any atom is 0.236 e. The van der Waals surface area contributed by atoms with Gasteiger partial charge in [-0.3, -0.25) is 9.69 Å². The summed E-state index contributed by atoms with van der Waals surface area (Å²) < 4.78 is 1.93. The second-order valence-corrected chi connectivity index (χ2v) is 9.10. The van der Waals surface area contributed by atoms with Crippen LogP contribution in [-0.2, 0) is 17.4 Å². The first-order chi connectivity index (χ1) is 12.4. The number of aryl methyl sites for hydroxylation is 1. The third-order valence-corrected chi connectivity index (χ3v) is 6.69. The van der Waals surface area contributed by atoms with Crippen LogP contribution in [0.4, 0.5) is 0 Å². The second kappa shape index (κ2) is 6.64. The molecule has 0 saturated carbocycles. The standard InChI is InChI=1S/C20H32N4O2/c1-14-8-15(2)12-23(11-14)18(25)13-24-16-4-5-17(24)10-20(26,9-16)19-21-6-7-22(19)3/h6-7,14-17,26H,4-5,8-13H2,1-3H3/t14-,15+,16-,17-/m0/s1. The van der Waals surface area contributed by atoms with E-state index in [1.54, 1.807) is 6.20 Å². The van der Waals surface area contributed by atoms with Crippen molar-refractivity contribution in [3.8, 4) is 0 Å². The van der Waals surface area contributed by atoms with Gasteiger partial charge in [-0.15, -0.1) is 0 Å². The van der Waals surface area contributed by atoms with Gasteiger partial charge >= 0.3 is 0 Å². The first-order valence-corrected chi connectivity index (χ1v) is 10.1. The summed E-state index contributed by atoms with van der Waals surface area (Å²) in [4.78, 5) is 21.8. The first kappa shape index (κ1) is 18.0. The molecule has 144 valence electrons. The molecule has 3 aliphatic heterocycles. The van der Waals surface area contributed by atoms with Crippen LogP contribution in [0.3, 0.4) is 0 Å². The average Bonchev–Trinajstić information content (AvgIpc) is 3.09. The highest BCUT2D eigenvalue weighted by molar-refractivity contribution is 5.78. The van der Waals surface area contributed by atoms with E-state index < -0.39 is 5.60 Å². The number of carbonyl (C=O) groups excluding carboxylic acids is 1. The summed E-state index contributed by atoms with van der Waals surface area (Å²) in [6, 6.07) is 0.554. The molecule has 4 rings (SSSR count). The Bertz CT molecular complexity index is 649. The summed E-state index contributed by atoms with van der Waals surface area (Å²) in [7, 11) is 1.94. The van der Waals surface area contributed by atoms with Crippen molar-refractivity contribution in [3.05, 3.63) is 18.2 Å². The van der Waals surface area contributed by atoms with E-state index in [1.807, 2.05) is 17.8 Å². The molecule has 0 aliphatic carbocycles. The van der Waals surface area contributed by atoms with Crippen LogP contribution in [0.15, 0.2) is 12.4 Å². The Kier molecular flexibility index (Phi) is 4.59. The number of amides is 1. The van der Waals surface area contributed by atoms with E-state index in [0.717, 1.165) is 31.8 Å². The molecule has 3 aliphatic rings. The summed E-state index contributed by atoms with van der Waals surface area (Å²) in [5.74, 6) is 2.21. The highest BCUT2D eigenvalue weighted by Gasteiger charge is 2.50. The molecule has 4 atom stereocenters. The number of rotatable bonds is 3. The zero-order valence-electron chi connectivity index (χ0n) is 16.3. The Labute approximate surface area is 156 Å². The van der Waals surface area contributed by atoms with Gasteiger partial charge in [0, 0.05) is 44.6 Å². The maximum atomic E-state index is 12.9. The molecular formula is C20H32N4O2. The van der Waals surface area contributed by atoms with Crippen LogP contribution in [0.25, 0.3) is 0 Å². The Morgan fingerprint density at radius 2 is 1.85 bits per heavy atom. The smallest absolute Gasteiger partial charge is 0.236 e. The van der Waals surface area contributed by atoms with Crippen LogP contribution in [0.5, 0.6) is 0 Å². The zero-order valence-corrected chi connectivity index (χ0v) is 16.3. The lowest BCUT2D eigenvalue weighted by Crippen LogP contribution is -2.54. The van der Waals surface area contributed by atoms with E-state index in [9.17, 15) is 9.90 Å². The van der Waals surface area contributed by atoms with Crippen molar-refractivity contribution in [2.75, 3.05) is 19.6 Å². The second-order valence-electron chi connectivity index (χ2n) is 9.10. The van der Waals surface area contributed by atoms with Crippen molar-refractivity contribution in [3.63, 3.8) is 0 Å². The number of hydrogen-bond acceptors (Lipinski definition) is 4. The van der Waals surface area contributed by atoms with Crippen LogP contribution < -0.4 is 0 Å². The fourth-order valence-electron chi connectivity index (χ4n) is 5.69. The number of nitrogens with zero attached hydrogens (tertiary/aromatic N) is 4. The zero-order chi connectivity index (χ0) is 18.5. The predicted molar refractivity (Wildman–Crippen MR) is 99.4 cm³/mol. The number of aliphatic hydroxyl groups is 1. The SMILES string of the molecule is C[C@@H]1C[C@H](C)CN(C(=O)CN2[C@H]3CC[C@H]2CC(O)(c2nccn2C)C3)C1. The molecule has 1 N–H and O–H groups in total. The minimum Gasteiger partial charge on any atom is -0.382 e. The molecule has 0 aromatic carbocycles. The quantitative estimate of drug-likeness (QED) is 0.892. The normalized spacial score (nSPS) is 37.9. The summed E-state index contributed by atoms with van der Waals surface area (Å²) >= 11 is 0. The van der Waals surface area contributed by atoms with Crippen molar-refractivity contribution in [1.82, 2.24) is 19.4 Å². The molecular weight excluding hydrogens is 328 g/mol. The highest BCUT2D eigenvalue weighted by Crippen LogP contribution is 2.45. The predicted octanol–water partition coefficient (Wildman–Crippen LogP) is 1.74. The van der Waals surface area contributed by atoms with E-state index in [4.69, 9.17) is 0 Å². The molecule has 6 heteroatoms. The Hall–Kier alpha value is -1.40. The minimum absolute atomic E-state index is 0.266. The summed E-state index contributed by atoms with van der Waals surface area (Å²) in [5, 5.41) is 11.3. The molecule has 1 aromatic rings. The fourth-order valence-corrected chi connectivity index (χ4v) is 5.69. The molecule has 26 heavy (non-hydrogen) atoms. The van der Waals surface area contributed by atoms with Gasteiger partial charge in [0.1, 0.15) is 11.4 Å². The third kappa shape index (κ3) is 3.18. The van der Waals surface area contributed by atoms with Crippen molar-refractivity contribution < 1.29 is 9.90 Å². The van der Waals surface area contributed by atoms with Gasteiger partial charge in [0.25, 0.3) is 0 Å². The Balaban J connectivity index is 1.44. The van der Waals surface area contributed by atoms with Gasteiger partial charge in [-0.2, -0.15) is 0 Å². The van der Waals surface area contributed by atoms with Gasteiger partial charge in [-0.05, 0) is 43.9 Å². The average molecular weight is 361 g/mol. The van der Waals surface area contributed by atoms with Crippen LogP contribution in [0, 0.1) is 11.8 Å². The Morgan fingerprint density at radius 1 is 1.23 bits per heavy atom. The van der Waals surface area contributed by atoms with Gasteiger partial charge in [0.15, 0.2) is 0 Å². The van der Waals surface area contributed by atoms with Crippen molar-refractivity contribution >= 4 is 5.91 Å². The van der Waals surface area contributed by atoms with Crippen LogP contribution in [0.1, 0.15) is 51.8 Å². The van der Waals surface area contributed by atoms with Gasteiger partial charge in [-0.25, -0.2) is 4.98 Å².